The predicted molar refractivity (Wildman–Crippen MR) is 328 cm³/mol. The maximum atomic E-state index is 13.9. The standard InChI is InChI=1S/C29H28F3N6O3PS.C28H39ClN7OPS/c1-42(2,41)21-10-8-18(9-11-21)26(39)37-27-35-23(17-43-27)25-22(29(30,31)32)12-13-24(36-25)33-19-6-5-7-20(16-19)34-28(40)38-14-3-4-15-38;1-38(2,37)17-16-35-12-14-36(15-13-35)24-10-8-22(9-11-24)33-28-31-19-25(29)26(34-28)27-32-23(20-39-27)18-30-21-6-4-3-5-7-21/h5-13,16-17H,3-4,14-15H2,1-2H3,(H,33,36)(H,34,40)(H,35,37,39);8-11,19-21,30H,3-7,12-18H2,1-2H3,(H,31,33,34). The second-order valence-electron chi connectivity index (χ2n) is 21.4. The smallest absolute Gasteiger partial charge is 0.369 e. The van der Waals surface area contributed by atoms with Crippen LogP contribution in [0.3, 0.4) is 0 Å². The van der Waals surface area contributed by atoms with E-state index in [1.165, 1.54) is 61.4 Å². The van der Waals surface area contributed by atoms with Crippen molar-refractivity contribution in [1.29, 1.82) is 0 Å². The number of nitrogens with one attached hydrogen (secondary N) is 5. The van der Waals surface area contributed by atoms with E-state index in [1.54, 1.807) is 72.2 Å². The molecule has 3 fully saturated rings. The van der Waals surface area contributed by atoms with Gasteiger partial charge in [-0.2, -0.15) is 13.2 Å². The average Bonchev–Trinajstić information content (AvgIpc) is 4.34. The van der Waals surface area contributed by atoms with Gasteiger partial charge in [0.25, 0.3) is 5.91 Å². The molecule has 0 unspecified atom stereocenters. The number of halogens is 4. The van der Waals surface area contributed by atoms with Crippen LogP contribution < -0.4 is 36.8 Å². The molecule has 0 radical (unpaired) electrons. The third-order valence-electron chi connectivity index (χ3n) is 14.2. The molecule has 0 atom stereocenters. The Morgan fingerprint density at radius 1 is 0.732 bits per heavy atom. The fourth-order valence-corrected chi connectivity index (χ4v) is 13.0. The van der Waals surface area contributed by atoms with Gasteiger partial charge in [-0.1, -0.05) is 49.1 Å². The number of amides is 3. The SMILES string of the molecule is CP(C)(=O)CCN1CCN(c2ccc(Nc3ncc(Cl)c(-c4nc(CNC5CCCCC5)cs4)n3)cc2)CC1.CP(C)(=O)c1ccc(C(=O)Nc2nc(-c3nc(Nc4cccc(NC(=O)N5CCCC5)c4)ccc3C(F)(F)F)cs2)cc1. The van der Waals surface area contributed by atoms with Crippen molar-refractivity contribution >= 4 is 105 Å². The van der Waals surface area contributed by atoms with Gasteiger partial charge in [0.05, 0.1) is 29.6 Å². The molecule has 82 heavy (non-hydrogen) atoms. The number of aromatic nitrogens is 5. The summed E-state index contributed by atoms with van der Waals surface area (Å²) in [7, 11) is -4.44. The number of alkyl halides is 3. The van der Waals surface area contributed by atoms with E-state index in [4.69, 9.17) is 21.6 Å². The minimum absolute atomic E-state index is 0.0591. The molecule has 1 aliphatic carbocycles. The molecule has 25 heteroatoms. The lowest BCUT2D eigenvalue weighted by Gasteiger charge is -2.36. The van der Waals surface area contributed by atoms with E-state index in [9.17, 15) is 31.9 Å². The zero-order valence-corrected chi connectivity index (χ0v) is 50.3. The van der Waals surface area contributed by atoms with Gasteiger partial charge in [0.15, 0.2) is 5.13 Å². The van der Waals surface area contributed by atoms with E-state index in [1.807, 2.05) is 13.3 Å². The summed E-state index contributed by atoms with van der Waals surface area (Å²) in [6.45, 7) is 14.0. The lowest BCUT2D eigenvalue weighted by atomic mass is 9.95. The largest absolute Gasteiger partial charge is 0.418 e. The van der Waals surface area contributed by atoms with Crippen LogP contribution in [0.25, 0.3) is 22.1 Å². The highest BCUT2D eigenvalue weighted by Crippen LogP contribution is 2.40. The van der Waals surface area contributed by atoms with Crippen LogP contribution in [0.2, 0.25) is 5.02 Å². The highest BCUT2D eigenvalue weighted by Gasteiger charge is 2.36. The fraction of sp³-hybridized carbons (Fsp3) is 0.386. The maximum Gasteiger partial charge on any atom is 0.418 e. The number of anilines is 7. The molecule has 4 aromatic heterocycles. The Kier molecular flexibility index (Phi) is 19.9. The van der Waals surface area contributed by atoms with Gasteiger partial charge in [0.2, 0.25) is 5.95 Å². The monoisotopic (exact) mass is 1220 g/mol. The number of nitrogens with zero attached hydrogens (tertiary/aromatic N) is 8. The van der Waals surface area contributed by atoms with Crippen LogP contribution >= 0.6 is 48.6 Å². The van der Waals surface area contributed by atoms with Gasteiger partial charge in [-0.25, -0.2) is 29.7 Å². The molecule has 3 aromatic carbocycles. The Balaban J connectivity index is 0.000000198. The third kappa shape index (κ3) is 17.0. The number of hydrogen-bond acceptors (Lipinski definition) is 16. The van der Waals surface area contributed by atoms with Crippen LogP contribution in [0.15, 0.2) is 102 Å². The van der Waals surface area contributed by atoms with Gasteiger partial charge < -0.3 is 40.2 Å². The Morgan fingerprint density at radius 3 is 2.15 bits per heavy atom. The van der Waals surface area contributed by atoms with E-state index in [0.29, 0.717) is 52.5 Å². The van der Waals surface area contributed by atoms with Gasteiger partial charge in [-0.3, -0.25) is 15.0 Å². The van der Waals surface area contributed by atoms with Crippen molar-refractivity contribution in [2.45, 2.75) is 63.7 Å². The van der Waals surface area contributed by atoms with Gasteiger partial charge in [0, 0.05) is 109 Å². The van der Waals surface area contributed by atoms with E-state index < -0.39 is 37.6 Å². The van der Waals surface area contributed by atoms with Gasteiger partial charge >= 0.3 is 12.2 Å². The summed E-state index contributed by atoms with van der Waals surface area (Å²) in [5.41, 5.74) is 3.68. The highest BCUT2D eigenvalue weighted by molar-refractivity contribution is 7.70. The Bertz CT molecular complexity index is 3410. The average molecular weight is 1220 g/mol. The lowest BCUT2D eigenvalue weighted by molar-refractivity contribution is -0.137. The van der Waals surface area contributed by atoms with E-state index in [-0.39, 0.29) is 28.2 Å². The number of benzene rings is 3. The quantitative estimate of drug-likeness (QED) is 0.0539. The lowest BCUT2D eigenvalue weighted by Crippen LogP contribution is -2.47. The van der Waals surface area contributed by atoms with Crippen LogP contribution in [0.5, 0.6) is 0 Å². The van der Waals surface area contributed by atoms with Crippen LogP contribution in [0.4, 0.5) is 57.6 Å². The first-order chi connectivity index (χ1) is 39.2. The van der Waals surface area contributed by atoms with Crippen molar-refractivity contribution in [3.05, 3.63) is 124 Å². The summed E-state index contributed by atoms with van der Waals surface area (Å²) in [5.74, 6) is 0.122. The predicted octanol–water partition coefficient (Wildman–Crippen LogP) is 13.3. The van der Waals surface area contributed by atoms with Crippen molar-refractivity contribution < 1.29 is 31.9 Å². The van der Waals surface area contributed by atoms with Crippen molar-refractivity contribution in [1.82, 2.24) is 40.0 Å². The van der Waals surface area contributed by atoms with Gasteiger partial charge in [-0.05, 0) is 119 Å². The van der Waals surface area contributed by atoms with E-state index in [0.717, 1.165) is 92.1 Å². The summed E-state index contributed by atoms with van der Waals surface area (Å²) in [6.07, 6.45) is 6.14. The number of piperazine rings is 1. The number of likely N-dealkylation sites (tertiary alicyclic amines) is 1. The molecule has 6 heterocycles. The van der Waals surface area contributed by atoms with Crippen LogP contribution in [0.1, 0.15) is 66.6 Å². The maximum absolute atomic E-state index is 13.9. The molecule has 3 amide bonds. The zero-order valence-electron chi connectivity index (χ0n) is 46.1. The van der Waals surface area contributed by atoms with Crippen LogP contribution in [-0.2, 0) is 21.9 Å². The Hall–Kier alpha value is -6.25. The first-order valence-corrected chi connectivity index (χ1v) is 34.7. The molecule has 3 aliphatic rings. The molecule has 17 nitrogen and oxygen atoms in total. The van der Waals surface area contributed by atoms with Gasteiger partial charge in [0.1, 0.15) is 35.0 Å². The topological polar surface area (TPSA) is 203 Å². The molecular weight excluding hydrogens is 1150 g/mol. The molecule has 0 spiro atoms. The van der Waals surface area contributed by atoms with Crippen LogP contribution in [-0.4, -0.2) is 131 Å². The number of rotatable bonds is 17. The van der Waals surface area contributed by atoms with E-state index in [2.05, 4.69) is 81.0 Å². The van der Waals surface area contributed by atoms with Crippen molar-refractivity contribution in [2.75, 3.05) is 105 Å². The normalized spacial score (nSPS) is 15.4. The first kappa shape index (κ1) is 60.3. The van der Waals surface area contributed by atoms with Gasteiger partial charge in [-0.15, -0.1) is 22.7 Å². The fourth-order valence-electron chi connectivity index (χ4n) is 9.61. The number of carbonyl (C=O) groups is 2. The minimum Gasteiger partial charge on any atom is -0.369 e. The molecule has 2 saturated heterocycles. The highest BCUT2D eigenvalue weighted by atomic mass is 35.5. The van der Waals surface area contributed by atoms with E-state index >= 15 is 0 Å². The number of thiazole rings is 2. The third-order valence-corrected chi connectivity index (χ3v) is 18.9. The summed E-state index contributed by atoms with van der Waals surface area (Å²) in [6, 6.07) is 24.0. The minimum atomic E-state index is -4.70. The van der Waals surface area contributed by atoms with Crippen molar-refractivity contribution in [3.8, 4) is 22.1 Å². The molecule has 7 aromatic rings. The molecular formula is C57H67ClF3N13O4P2S2. The molecule has 10 rings (SSSR count). The number of pyridine rings is 1. The summed E-state index contributed by atoms with van der Waals surface area (Å²) >= 11 is 9.00. The second kappa shape index (κ2) is 27.0. The first-order valence-electron chi connectivity index (χ1n) is 27.2. The molecule has 2 aliphatic heterocycles. The molecule has 434 valence electrons. The summed E-state index contributed by atoms with van der Waals surface area (Å²) in [5, 5.41) is 20.9. The molecule has 1 saturated carbocycles. The zero-order chi connectivity index (χ0) is 58.0. The Labute approximate surface area is 489 Å². The molecule has 0 bridgehead atoms. The number of urea groups is 1. The Morgan fingerprint density at radius 2 is 1.45 bits per heavy atom. The molecule has 5 N–H and O–H groups in total. The number of carbonyl (C=O) groups excluding carboxylic acids is 2. The number of hydrogen-bond donors (Lipinski definition) is 5. The van der Waals surface area contributed by atoms with Crippen molar-refractivity contribution in [2.24, 2.45) is 0 Å². The summed E-state index contributed by atoms with van der Waals surface area (Å²) < 4.78 is 66.1. The van der Waals surface area contributed by atoms with Crippen LogP contribution in [0, 0.1) is 0 Å². The summed E-state index contributed by atoms with van der Waals surface area (Å²) in [4.78, 5) is 54.0. The van der Waals surface area contributed by atoms with Crippen molar-refractivity contribution in [3.63, 3.8) is 0 Å². The second-order valence-corrected chi connectivity index (χ2v) is 30.3.